The number of phenols is 1. The molecule has 0 saturated heterocycles. The molecule has 2 aromatic carbocycles. The Bertz CT molecular complexity index is 867. The molecule has 3 aromatic rings. The van der Waals surface area contributed by atoms with E-state index in [1.807, 2.05) is 37.3 Å². The van der Waals surface area contributed by atoms with E-state index in [-0.39, 0.29) is 16.0 Å². The van der Waals surface area contributed by atoms with Gasteiger partial charge in [-0.05, 0) is 18.6 Å². The first-order valence-electron chi connectivity index (χ1n) is 7.04. The number of rotatable bonds is 3. The summed E-state index contributed by atoms with van der Waals surface area (Å²) in [5.41, 5.74) is 1.83. The van der Waals surface area contributed by atoms with E-state index >= 15 is 0 Å². The van der Waals surface area contributed by atoms with Crippen molar-refractivity contribution in [1.29, 1.82) is 0 Å². The smallest absolute Gasteiger partial charge is 0.193 e. The van der Waals surface area contributed by atoms with Gasteiger partial charge in [-0.2, -0.15) is 0 Å². The molecule has 112 valence electrons. The second-order valence-electron chi connectivity index (χ2n) is 5.26. The fraction of sp³-hybridized carbons (Fsp3) is 0.167. The van der Waals surface area contributed by atoms with Gasteiger partial charge in [0.1, 0.15) is 17.1 Å². The van der Waals surface area contributed by atoms with Crippen molar-refractivity contribution >= 4 is 26.9 Å². The summed E-state index contributed by atoms with van der Waals surface area (Å²) >= 11 is 3.46. The highest BCUT2D eigenvalue weighted by Gasteiger charge is 2.15. The van der Waals surface area contributed by atoms with Crippen molar-refractivity contribution in [2.45, 2.75) is 18.2 Å². The van der Waals surface area contributed by atoms with E-state index in [0.29, 0.717) is 28.7 Å². The van der Waals surface area contributed by atoms with Crippen molar-refractivity contribution in [3.8, 4) is 17.1 Å². The summed E-state index contributed by atoms with van der Waals surface area (Å²) in [5.74, 6) is 0.653. The highest BCUT2D eigenvalue weighted by molar-refractivity contribution is 9.09. The fourth-order valence-electron chi connectivity index (χ4n) is 2.54. The molecule has 3 rings (SSSR count). The molecule has 0 radical (unpaired) electrons. The van der Waals surface area contributed by atoms with Gasteiger partial charge in [0, 0.05) is 22.0 Å². The van der Waals surface area contributed by atoms with Gasteiger partial charge in [0.05, 0.1) is 5.39 Å². The summed E-state index contributed by atoms with van der Waals surface area (Å²) in [7, 11) is 0. The van der Waals surface area contributed by atoms with Crippen LogP contribution in [0.5, 0.6) is 5.75 Å². The van der Waals surface area contributed by atoms with Crippen LogP contribution in [0.2, 0.25) is 0 Å². The Labute approximate surface area is 136 Å². The number of halogens is 1. The molecular weight excluding hydrogens is 344 g/mol. The molecule has 4 heteroatoms. The minimum Gasteiger partial charge on any atom is -0.508 e. The maximum absolute atomic E-state index is 12.5. The Hall–Kier alpha value is -2.07. The van der Waals surface area contributed by atoms with Gasteiger partial charge in [0.2, 0.25) is 0 Å². The van der Waals surface area contributed by atoms with Crippen LogP contribution < -0.4 is 5.43 Å². The van der Waals surface area contributed by atoms with E-state index in [0.717, 1.165) is 5.56 Å². The Morgan fingerprint density at radius 3 is 2.59 bits per heavy atom. The van der Waals surface area contributed by atoms with Crippen LogP contribution in [0.3, 0.4) is 0 Å². The predicted octanol–water partition coefficient (Wildman–Crippen LogP) is 4.49. The normalized spacial score (nSPS) is 12.5. The van der Waals surface area contributed by atoms with Crippen molar-refractivity contribution in [1.82, 2.24) is 0 Å². The molecule has 0 bridgehead atoms. The minimum atomic E-state index is -0.140. The largest absolute Gasteiger partial charge is 0.508 e. The summed E-state index contributed by atoms with van der Waals surface area (Å²) in [6.07, 6.45) is 0.554. The molecule has 0 fully saturated rings. The Morgan fingerprint density at radius 2 is 1.91 bits per heavy atom. The van der Waals surface area contributed by atoms with Gasteiger partial charge in [-0.25, -0.2) is 0 Å². The van der Waals surface area contributed by atoms with Gasteiger partial charge >= 0.3 is 0 Å². The number of fused-ring (bicyclic) bond motifs is 1. The van der Waals surface area contributed by atoms with Crippen molar-refractivity contribution in [3.63, 3.8) is 0 Å². The van der Waals surface area contributed by atoms with Gasteiger partial charge in [-0.3, -0.25) is 4.79 Å². The monoisotopic (exact) mass is 358 g/mol. The topological polar surface area (TPSA) is 50.4 Å². The molecule has 22 heavy (non-hydrogen) atoms. The first-order valence-corrected chi connectivity index (χ1v) is 7.96. The third-order valence-corrected chi connectivity index (χ3v) is 3.85. The number of phenolic OH excluding ortho intramolecular Hbond substituents is 1. The van der Waals surface area contributed by atoms with E-state index in [9.17, 15) is 9.90 Å². The van der Waals surface area contributed by atoms with Gasteiger partial charge in [0.25, 0.3) is 0 Å². The van der Waals surface area contributed by atoms with Crippen molar-refractivity contribution in [2.75, 3.05) is 0 Å². The molecule has 1 heterocycles. The molecule has 0 aliphatic carbocycles. The summed E-state index contributed by atoms with van der Waals surface area (Å²) in [5, 5.41) is 10.5. The van der Waals surface area contributed by atoms with Crippen molar-refractivity contribution in [3.05, 3.63) is 64.3 Å². The Morgan fingerprint density at radius 1 is 1.18 bits per heavy atom. The number of hydrogen-bond donors (Lipinski definition) is 1. The molecule has 0 aliphatic rings. The average Bonchev–Trinajstić information content (AvgIpc) is 2.50. The zero-order valence-corrected chi connectivity index (χ0v) is 13.6. The van der Waals surface area contributed by atoms with E-state index in [1.54, 1.807) is 12.1 Å². The van der Waals surface area contributed by atoms with Gasteiger partial charge < -0.3 is 9.52 Å². The van der Waals surface area contributed by atoms with Crippen LogP contribution in [0.4, 0.5) is 0 Å². The maximum atomic E-state index is 12.5. The van der Waals surface area contributed by atoms with Crippen LogP contribution in [-0.2, 0) is 6.42 Å². The molecule has 0 spiro atoms. The molecule has 0 amide bonds. The van der Waals surface area contributed by atoms with Crippen LogP contribution in [-0.4, -0.2) is 9.93 Å². The number of alkyl halides is 1. The van der Waals surface area contributed by atoms with Gasteiger partial charge in [-0.1, -0.05) is 53.2 Å². The Kier molecular flexibility index (Phi) is 4.03. The average molecular weight is 359 g/mol. The maximum Gasteiger partial charge on any atom is 0.193 e. The number of aromatic hydroxyl groups is 1. The zero-order valence-electron chi connectivity index (χ0n) is 12.0. The van der Waals surface area contributed by atoms with Crippen LogP contribution in [0, 0.1) is 0 Å². The number of hydrogen-bond acceptors (Lipinski definition) is 3. The first kappa shape index (κ1) is 14.9. The predicted molar refractivity (Wildman–Crippen MR) is 91.7 cm³/mol. The van der Waals surface area contributed by atoms with E-state index in [2.05, 4.69) is 15.9 Å². The Balaban J connectivity index is 2.25. The molecule has 1 N–H and O–H groups in total. The summed E-state index contributed by atoms with van der Waals surface area (Å²) < 4.78 is 5.88. The summed E-state index contributed by atoms with van der Waals surface area (Å²) in [6.45, 7) is 1.97. The quantitative estimate of drug-likeness (QED) is 0.701. The molecular formula is C18H15BrO3. The molecule has 0 aliphatic heterocycles. The highest BCUT2D eigenvalue weighted by atomic mass is 79.9. The second-order valence-corrected chi connectivity index (χ2v) is 6.83. The van der Waals surface area contributed by atoms with Gasteiger partial charge in [0.15, 0.2) is 5.43 Å². The van der Waals surface area contributed by atoms with Crippen molar-refractivity contribution in [2.24, 2.45) is 0 Å². The summed E-state index contributed by atoms with van der Waals surface area (Å²) in [4.78, 5) is 12.7. The molecule has 0 saturated carbocycles. The van der Waals surface area contributed by atoms with Crippen LogP contribution in [0.25, 0.3) is 22.3 Å². The lowest BCUT2D eigenvalue weighted by molar-refractivity contribution is 0.468. The zero-order chi connectivity index (χ0) is 15.7. The molecule has 3 nitrogen and oxygen atoms in total. The second kappa shape index (κ2) is 5.97. The minimum absolute atomic E-state index is 0.124. The summed E-state index contributed by atoms with van der Waals surface area (Å²) in [6, 6.07) is 14.2. The molecule has 0 unspecified atom stereocenters. The van der Waals surface area contributed by atoms with E-state index in [4.69, 9.17) is 4.42 Å². The van der Waals surface area contributed by atoms with Crippen LogP contribution in [0.15, 0.2) is 57.7 Å². The molecule has 1 aromatic heterocycles. The lowest BCUT2D eigenvalue weighted by Gasteiger charge is -2.10. The van der Waals surface area contributed by atoms with E-state index in [1.165, 1.54) is 6.07 Å². The lowest BCUT2D eigenvalue weighted by Crippen LogP contribution is -2.07. The fourth-order valence-corrected chi connectivity index (χ4v) is 2.87. The highest BCUT2D eigenvalue weighted by Crippen LogP contribution is 2.30. The van der Waals surface area contributed by atoms with Crippen molar-refractivity contribution < 1.29 is 9.52 Å². The van der Waals surface area contributed by atoms with Crippen LogP contribution in [0.1, 0.15) is 12.5 Å². The SMILES string of the molecule is C[C@@H](Br)Cc1c(O)ccc2oc(-c3ccccc3)cc(=O)c12. The van der Waals surface area contributed by atoms with E-state index < -0.39 is 0 Å². The first-order chi connectivity index (χ1) is 10.6. The third kappa shape index (κ3) is 2.79. The third-order valence-electron chi connectivity index (χ3n) is 3.52. The standard InChI is InChI=1S/C18H15BrO3/c1-11(19)9-13-14(20)7-8-16-18(13)15(21)10-17(22-16)12-5-3-2-4-6-12/h2-8,10-11,20H,9H2,1H3/t11-/m1/s1. The van der Waals surface area contributed by atoms with Crippen LogP contribution >= 0.6 is 15.9 Å². The lowest BCUT2D eigenvalue weighted by atomic mass is 10.0. The number of benzene rings is 2. The molecule has 1 atom stereocenters. The van der Waals surface area contributed by atoms with Gasteiger partial charge in [-0.15, -0.1) is 0 Å².